The summed E-state index contributed by atoms with van der Waals surface area (Å²) < 4.78 is 5.56. The maximum atomic E-state index is 11.0. The number of hydrogen-bond donors (Lipinski definition) is 2. The largest absolute Gasteiger partial charge is 0.478 e. The maximum absolute atomic E-state index is 11.0. The first kappa shape index (κ1) is 13.4. The third-order valence-corrected chi connectivity index (χ3v) is 2.73. The molecular weight excluding hydrogens is 256 g/mol. The average Bonchev–Trinajstić information content (AvgIpc) is 2.43. The summed E-state index contributed by atoms with van der Waals surface area (Å²) in [7, 11) is 0. The molecule has 2 aromatic rings. The van der Waals surface area contributed by atoms with Crippen molar-refractivity contribution in [2.45, 2.75) is 6.42 Å². The fraction of sp³-hybridized carbons (Fsp3) is 0.0667. The van der Waals surface area contributed by atoms with E-state index in [2.05, 4.69) is 6.07 Å². The highest BCUT2D eigenvalue weighted by molar-refractivity contribution is 5.95. The van der Waals surface area contributed by atoms with Crippen molar-refractivity contribution in [2.24, 2.45) is 0 Å². The van der Waals surface area contributed by atoms with E-state index >= 15 is 0 Å². The minimum atomic E-state index is -1.10. The molecule has 0 saturated carbocycles. The number of nitrogens with zero attached hydrogens (tertiary/aromatic N) is 1. The molecule has 5 heteroatoms. The molecule has 0 bridgehead atoms. The van der Waals surface area contributed by atoms with Gasteiger partial charge in [0.1, 0.15) is 5.75 Å². The first-order chi connectivity index (χ1) is 9.61. The Morgan fingerprint density at radius 2 is 1.95 bits per heavy atom. The van der Waals surface area contributed by atoms with Crippen LogP contribution in [0.5, 0.6) is 11.5 Å². The van der Waals surface area contributed by atoms with Crippen LogP contribution in [0.2, 0.25) is 0 Å². The lowest BCUT2D eigenvalue weighted by atomic mass is 10.1. The number of carboxylic acid groups (broad SMARTS) is 1. The molecule has 2 aromatic carbocycles. The summed E-state index contributed by atoms with van der Waals surface area (Å²) in [4.78, 5) is 11.0. The van der Waals surface area contributed by atoms with Gasteiger partial charge in [0.25, 0.3) is 0 Å². The molecule has 20 heavy (non-hydrogen) atoms. The standard InChI is InChI=1S/C15H12N2O3/c16-9-8-10-4-6-11(7-5-10)20-13-3-1-2-12(14(13)17)15(18)19/h1-7H,8,17H2,(H,18,19). The Kier molecular flexibility index (Phi) is 3.87. The molecule has 2 rings (SSSR count). The molecule has 0 aromatic heterocycles. The number of hydrogen-bond acceptors (Lipinski definition) is 4. The molecule has 3 N–H and O–H groups in total. The lowest BCUT2D eigenvalue weighted by molar-refractivity contribution is 0.0697. The Morgan fingerprint density at radius 3 is 2.55 bits per heavy atom. The summed E-state index contributed by atoms with van der Waals surface area (Å²) in [6.07, 6.45) is 0.330. The predicted molar refractivity (Wildman–Crippen MR) is 73.6 cm³/mol. The van der Waals surface area contributed by atoms with Crippen molar-refractivity contribution in [1.82, 2.24) is 0 Å². The molecule has 100 valence electrons. The number of carbonyl (C=O) groups is 1. The fourth-order valence-corrected chi connectivity index (χ4v) is 1.71. The van der Waals surface area contributed by atoms with Gasteiger partial charge in [0.15, 0.2) is 5.75 Å². The monoisotopic (exact) mass is 268 g/mol. The fourth-order valence-electron chi connectivity index (χ4n) is 1.71. The van der Waals surface area contributed by atoms with Crippen LogP contribution in [0.1, 0.15) is 15.9 Å². The third-order valence-electron chi connectivity index (χ3n) is 2.73. The van der Waals surface area contributed by atoms with E-state index in [1.165, 1.54) is 6.07 Å². The van der Waals surface area contributed by atoms with E-state index in [0.717, 1.165) is 5.56 Å². The number of carboxylic acids is 1. The van der Waals surface area contributed by atoms with Crippen LogP contribution >= 0.6 is 0 Å². The van der Waals surface area contributed by atoms with E-state index in [1.807, 2.05) is 0 Å². The smallest absolute Gasteiger partial charge is 0.337 e. The van der Waals surface area contributed by atoms with Crippen LogP contribution in [-0.4, -0.2) is 11.1 Å². The number of aromatic carboxylic acids is 1. The number of nitriles is 1. The molecule has 5 nitrogen and oxygen atoms in total. The summed E-state index contributed by atoms with van der Waals surface area (Å²) >= 11 is 0. The van der Waals surface area contributed by atoms with E-state index in [4.69, 9.17) is 20.8 Å². The Bertz CT molecular complexity index is 673. The van der Waals surface area contributed by atoms with E-state index in [-0.39, 0.29) is 17.0 Å². The predicted octanol–water partition coefficient (Wildman–Crippen LogP) is 2.83. The van der Waals surface area contributed by atoms with Gasteiger partial charge in [-0.1, -0.05) is 18.2 Å². The third kappa shape index (κ3) is 2.87. The number of nitrogens with two attached hydrogens (primary N) is 1. The minimum Gasteiger partial charge on any atom is -0.478 e. The highest BCUT2D eigenvalue weighted by atomic mass is 16.5. The van der Waals surface area contributed by atoms with Gasteiger partial charge < -0.3 is 15.6 Å². The first-order valence-corrected chi connectivity index (χ1v) is 5.87. The van der Waals surface area contributed by atoms with Gasteiger partial charge in [-0.25, -0.2) is 4.79 Å². The average molecular weight is 268 g/mol. The Balaban J connectivity index is 2.24. The number of rotatable bonds is 4. The highest BCUT2D eigenvalue weighted by Gasteiger charge is 2.12. The lowest BCUT2D eigenvalue weighted by Crippen LogP contribution is -2.03. The number of anilines is 1. The summed E-state index contributed by atoms with van der Waals surface area (Å²) in [6, 6.07) is 13.6. The molecule has 0 amide bonds. The summed E-state index contributed by atoms with van der Waals surface area (Å²) in [6.45, 7) is 0. The molecule has 0 spiro atoms. The van der Waals surface area contributed by atoms with E-state index in [0.29, 0.717) is 12.2 Å². The molecule has 0 saturated heterocycles. The zero-order valence-electron chi connectivity index (χ0n) is 10.5. The lowest BCUT2D eigenvalue weighted by Gasteiger charge is -2.10. The molecule has 0 unspecified atom stereocenters. The number of nitrogen functional groups attached to an aromatic ring is 1. The van der Waals surface area contributed by atoms with Crippen molar-refractivity contribution in [2.75, 3.05) is 5.73 Å². The molecule has 0 aliphatic heterocycles. The van der Waals surface area contributed by atoms with Crippen LogP contribution < -0.4 is 10.5 Å². The zero-order valence-corrected chi connectivity index (χ0v) is 10.5. The van der Waals surface area contributed by atoms with Crippen molar-refractivity contribution in [3.8, 4) is 17.6 Å². The molecule has 0 aliphatic carbocycles. The quantitative estimate of drug-likeness (QED) is 0.831. The van der Waals surface area contributed by atoms with Crippen LogP contribution in [0, 0.1) is 11.3 Å². The van der Waals surface area contributed by atoms with E-state index < -0.39 is 5.97 Å². The first-order valence-electron chi connectivity index (χ1n) is 5.87. The molecule has 0 heterocycles. The SMILES string of the molecule is N#CCc1ccc(Oc2cccc(C(=O)O)c2N)cc1. The summed E-state index contributed by atoms with van der Waals surface area (Å²) in [5, 5.41) is 17.6. The van der Waals surface area contributed by atoms with Gasteiger partial charge in [-0.05, 0) is 29.8 Å². The van der Waals surface area contributed by atoms with Crippen LogP contribution in [0.25, 0.3) is 0 Å². The van der Waals surface area contributed by atoms with E-state index in [9.17, 15) is 4.79 Å². The summed E-state index contributed by atoms with van der Waals surface area (Å²) in [5.41, 5.74) is 6.73. The second-order valence-electron chi connectivity index (χ2n) is 4.10. The number of para-hydroxylation sites is 1. The van der Waals surface area contributed by atoms with Crippen LogP contribution in [0.3, 0.4) is 0 Å². The highest BCUT2D eigenvalue weighted by Crippen LogP contribution is 2.30. The second kappa shape index (κ2) is 5.76. The molecule has 0 aliphatic rings. The van der Waals surface area contributed by atoms with Gasteiger partial charge in [-0.15, -0.1) is 0 Å². The topological polar surface area (TPSA) is 96.3 Å². The van der Waals surface area contributed by atoms with Gasteiger partial charge in [0.2, 0.25) is 0 Å². The van der Waals surface area contributed by atoms with Gasteiger partial charge in [0.05, 0.1) is 23.7 Å². The van der Waals surface area contributed by atoms with Gasteiger partial charge in [0, 0.05) is 0 Å². The van der Waals surface area contributed by atoms with Crippen molar-refractivity contribution in [1.29, 1.82) is 5.26 Å². The second-order valence-corrected chi connectivity index (χ2v) is 4.10. The normalized spacial score (nSPS) is 9.75. The number of ether oxygens (including phenoxy) is 1. The van der Waals surface area contributed by atoms with Crippen LogP contribution in [0.15, 0.2) is 42.5 Å². The summed E-state index contributed by atoms with van der Waals surface area (Å²) in [5.74, 6) is -0.281. The van der Waals surface area contributed by atoms with Crippen molar-refractivity contribution >= 4 is 11.7 Å². The molecule has 0 atom stereocenters. The van der Waals surface area contributed by atoms with E-state index in [1.54, 1.807) is 36.4 Å². The van der Waals surface area contributed by atoms with Crippen LogP contribution in [-0.2, 0) is 6.42 Å². The van der Waals surface area contributed by atoms with Crippen LogP contribution in [0.4, 0.5) is 5.69 Å². The van der Waals surface area contributed by atoms with Crippen molar-refractivity contribution in [3.05, 3.63) is 53.6 Å². The van der Waals surface area contributed by atoms with Crippen molar-refractivity contribution in [3.63, 3.8) is 0 Å². The molecule has 0 radical (unpaired) electrons. The number of benzene rings is 2. The van der Waals surface area contributed by atoms with Gasteiger partial charge >= 0.3 is 5.97 Å². The van der Waals surface area contributed by atoms with Crippen molar-refractivity contribution < 1.29 is 14.6 Å². The van der Waals surface area contributed by atoms with Gasteiger partial charge in [-0.2, -0.15) is 5.26 Å². The Hall–Kier alpha value is -3.00. The Morgan fingerprint density at radius 1 is 1.25 bits per heavy atom. The minimum absolute atomic E-state index is 0.00333. The van der Waals surface area contributed by atoms with Gasteiger partial charge in [-0.3, -0.25) is 0 Å². The Labute approximate surface area is 115 Å². The maximum Gasteiger partial charge on any atom is 0.337 e. The molecular formula is C15H12N2O3. The zero-order chi connectivity index (χ0) is 14.5. The molecule has 0 fully saturated rings.